The second-order valence-electron chi connectivity index (χ2n) is 10.7. The maximum absolute atomic E-state index is 13.6. The average molecular weight is 595 g/mol. The van der Waals surface area contributed by atoms with Crippen molar-refractivity contribution in [2.75, 3.05) is 26.9 Å². The summed E-state index contributed by atoms with van der Waals surface area (Å²) in [5, 5.41) is 11.5. The largest absolute Gasteiger partial charge is 0.490 e. The Morgan fingerprint density at radius 3 is 2.31 bits per heavy atom. The smallest absolute Gasteiger partial charge is 0.269 e. The minimum atomic E-state index is -0.531. The molecular weight excluding hydrogens is 560 g/mol. The first-order chi connectivity index (χ1) is 20.3. The van der Waals surface area contributed by atoms with Gasteiger partial charge >= 0.3 is 0 Å². The van der Waals surface area contributed by atoms with Gasteiger partial charge in [-0.2, -0.15) is 0 Å². The topological polar surface area (TPSA) is 108 Å². The van der Waals surface area contributed by atoms with E-state index in [1.807, 2.05) is 13.0 Å². The number of hydrogen-bond donors (Lipinski definition) is 0. The highest BCUT2D eigenvalue weighted by molar-refractivity contribution is 6.32. The number of nitro benzene ring substituents is 1. The molecule has 222 valence electrons. The van der Waals surface area contributed by atoms with Crippen LogP contribution in [0.4, 0.5) is 5.69 Å². The fraction of sp³-hybridized carbons (Fsp3) is 0.438. The number of halogens is 1. The lowest BCUT2D eigenvalue weighted by atomic mass is 9.71. The van der Waals surface area contributed by atoms with Crippen molar-refractivity contribution in [1.82, 2.24) is 4.90 Å². The Labute approximate surface area is 250 Å². The quantitative estimate of drug-likeness (QED) is 0.161. The third-order valence-electron chi connectivity index (χ3n) is 7.99. The van der Waals surface area contributed by atoms with Gasteiger partial charge in [0.1, 0.15) is 6.61 Å². The molecule has 0 unspecified atom stereocenters. The van der Waals surface area contributed by atoms with Crippen molar-refractivity contribution in [2.45, 2.75) is 64.4 Å². The Bertz CT molecular complexity index is 1420. The lowest BCUT2D eigenvalue weighted by Gasteiger charge is -2.44. The number of non-ortho nitro benzene ring substituents is 1. The molecule has 0 aromatic heterocycles. The van der Waals surface area contributed by atoms with Gasteiger partial charge in [0.05, 0.1) is 16.6 Å². The number of allylic oxidation sites excluding steroid dienone is 4. The molecule has 0 spiro atoms. The highest BCUT2D eigenvalue weighted by Crippen LogP contribution is 2.51. The fourth-order valence-electron chi connectivity index (χ4n) is 6.26. The van der Waals surface area contributed by atoms with Crippen LogP contribution in [0.3, 0.4) is 0 Å². The molecule has 0 bridgehead atoms. The number of ether oxygens (including phenoxy) is 3. The second kappa shape index (κ2) is 13.1. The molecule has 0 atom stereocenters. The minimum absolute atomic E-state index is 0.0291. The van der Waals surface area contributed by atoms with Crippen LogP contribution in [-0.4, -0.2) is 48.3 Å². The number of rotatable bonds is 11. The number of nitrogens with zero attached hydrogens (tertiary/aromatic N) is 2. The molecular formula is C32H35ClN2O7. The van der Waals surface area contributed by atoms with Gasteiger partial charge in [0.25, 0.3) is 5.69 Å². The molecule has 3 aliphatic rings. The maximum atomic E-state index is 13.6. The van der Waals surface area contributed by atoms with Gasteiger partial charge in [-0.05, 0) is 62.3 Å². The van der Waals surface area contributed by atoms with E-state index in [4.69, 9.17) is 25.8 Å². The van der Waals surface area contributed by atoms with Crippen LogP contribution in [0.15, 0.2) is 58.9 Å². The molecule has 10 heteroatoms. The van der Waals surface area contributed by atoms with Crippen LogP contribution in [0.25, 0.3) is 0 Å². The zero-order valence-electron chi connectivity index (χ0n) is 23.9. The number of benzene rings is 2. The van der Waals surface area contributed by atoms with Crippen molar-refractivity contribution in [3.05, 3.63) is 85.2 Å². The van der Waals surface area contributed by atoms with Crippen molar-refractivity contribution in [3.8, 4) is 11.5 Å². The normalized spacial score (nSPS) is 17.4. The molecule has 42 heavy (non-hydrogen) atoms. The van der Waals surface area contributed by atoms with Crippen LogP contribution >= 0.6 is 11.6 Å². The van der Waals surface area contributed by atoms with Gasteiger partial charge < -0.3 is 19.1 Å². The maximum Gasteiger partial charge on any atom is 0.269 e. The Kier molecular flexibility index (Phi) is 9.28. The number of carbonyl (C=O) groups excluding carboxylic acids is 2. The summed E-state index contributed by atoms with van der Waals surface area (Å²) in [6.07, 6.45) is 4.75. The van der Waals surface area contributed by atoms with E-state index < -0.39 is 10.8 Å². The van der Waals surface area contributed by atoms with Crippen LogP contribution in [-0.2, 0) is 20.9 Å². The highest BCUT2D eigenvalue weighted by atomic mass is 35.5. The van der Waals surface area contributed by atoms with Crippen LogP contribution in [0, 0.1) is 10.1 Å². The molecule has 1 aliphatic heterocycles. The van der Waals surface area contributed by atoms with Gasteiger partial charge in [0.2, 0.25) is 0 Å². The number of Topliss-reactive ketones (excluding diaryl/α,β-unsaturated/α-hetero) is 2. The fourth-order valence-corrected chi connectivity index (χ4v) is 6.53. The summed E-state index contributed by atoms with van der Waals surface area (Å²) < 4.78 is 17.3. The molecule has 2 aliphatic carbocycles. The first-order valence-electron chi connectivity index (χ1n) is 14.4. The van der Waals surface area contributed by atoms with Crippen LogP contribution in [0.2, 0.25) is 5.02 Å². The lowest BCUT2D eigenvalue weighted by Crippen LogP contribution is -2.39. The third-order valence-corrected chi connectivity index (χ3v) is 8.27. The Morgan fingerprint density at radius 2 is 1.69 bits per heavy atom. The molecule has 2 aromatic carbocycles. The predicted octanol–water partition coefficient (Wildman–Crippen LogP) is 6.68. The number of methoxy groups -OCH3 is 1. The highest BCUT2D eigenvalue weighted by Gasteiger charge is 2.43. The summed E-state index contributed by atoms with van der Waals surface area (Å²) in [6, 6.07) is 9.80. The summed E-state index contributed by atoms with van der Waals surface area (Å²) in [5.41, 5.74) is 4.65. The minimum Gasteiger partial charge on any atom is -0.490 e. The molecule has 5 rings (SSSR count). The molecule has 9 nitrogen and oxygen atoms in total. The first-order valence-corrected chi connectivity index (χ1v) is 14.8. The van der Waals surface area contributed by atoms with Crippen LogP contribution in [0.5, 0.6) is 11.5 Å². The standard InChI is InChI=1S/C32H35ClN2O7/c1-3-41-28-18-21(17-23(33)32(28)42-19-20-8-4-9-22(16-20)35(38)39)29-30-24(10-5-12-26(30)36)34(14-7-15-40-2)25-11-6-13-27(37)31(25)29/h4,8-9,16-18,29H,3,5-7,10-15,19H2,1-2H3. The van der Waals surface area contributed by atoms with E-state index in [9.17, 15) is 19.7 Å². The van der Waals surface area contributed by atoms with E-state index in [2.05, 4.69) is 4.90 Å². The van der Waals surface area contributed by atoms with E-state index >= 15 is 0 Å². The van der Waals surface area contributed by atoms with Crippen molar-refractivity contribution >= 4 is 28.9 Å². The average Bonchev–Trinajstić information content (AvgIpc) is 2.97. The van der Waals surface area contributed by atoms with E-state index in [0.29, 0.717) is 66.4 Å². The SMILES string of the molecule is CCOc1cc(C2C3=C(CCCC3=O)N(CCCOC)C3=C2C(=O)CCC3)cc(Cl)c1OCc1cccc([N+](=O)[O-])c1. The van der Waals surface area contributed by atoms with Crippen molar-refractivity contribution in [1.29, 1.82) is 0 Å². The van der Waals surface area contributed by atoms with Crippen molar-refractivity contribution < 1.29 is 28.7 Å². The van der Waals surface area contributed by atoms with E-state index in [0.717, 1.165) is 43.5 Å². The summed E-state index contributed by atoms with van der Waals surface area (Å²) in [5.74, 6) is 0.283. The van der Waals surface area contributed by atoms with Gasteiger partial charge in [-0.1, -0.05) is 23.7 Å². The van der Waals surface area contributed by atoms with Crippen LogP contribution < -0.4 is 9.47 Å². The zero-order chi connectivity index (χ0) is 29.8. The monoisotopic (exact) mass is 594 g/mol. The van der Waals surface area contributed by atoms with Gasteiger partial charge in [-0.3, -0.25) is 19.7 Å². The number of nitro groups is 1. The summed E-state index contributed by atoms with van der Waals surface area (Å²) in [4.78, 5) is 40.1. The van der Waals surface area contributed by atoms with Gasteiger partial charge in [-0.25, -0.2) is 0 Å². The molecule has 2 aromatic rings. The number of carbonyl (C=O) groups is 2. The second-order valence-corrected chi connectivity index (χ2v) is 11.1. The van der Waals surface area contributed by atoms with Gasteiger partial charge in [-0.15, -0.1) is 0 Å². The Hall–Kier alpha value is -3.69. The molecule has 1 heterocycles. The first kappa shape index (κ1) is 29.8. The van der Waals surface area contributed by atoms with E-state index in [-0.39, 0.29) is 28.9 Å². The summed E-state index contributed by atoms with van der Waals surface area (Å²) in [7, 11) is 1.67. The molecule has 0 fully saturated rings. The molecule has 0 radical (unpaired) electrons. The molecule has 0 amide bonds. The van der Waals surface area contributed by atoms with Crippen LogP contribution in [0.1, 0.15) is 68.9 Å². The Morgan fingerprint density at radius 1 is 1.00 bits per heavy atom. The molecule has 0 saturated heterocycles. The van der Waals surface area contributed by atoms with Crippen molar-refractivity contribution in [2.24, 2.45) is 0 Å². The Balaban J connectivity index is 1.57. The van der Waals surface area contributed by atoms with Gasteiger partial charge in [0, 0.05) is 73.7 Å². The van der Waals surface area contributed by atoms with Crippen molar-refractivity contribution in [3.63, 3.8) is 0 Å². The van der Waals surface area contributed by atoms with Gasteiger partial charge in [0.15, 0.2) is 23.1 Å². The molecule has 0 N–H and O–H groups in total. The predicted molar refractivity (Wildman–Crippen MR) is 158 cm³/mol. The van der Waals surface area contributed by atoms with E-state index in [1.54, 1.807) is 25.3 Å². The van der Waals surface area contributed by atoms with E-state index in [1.165, 1.54) is 12.1 Å². The zero-order valence-corrected chi connectivity index (χ0v) is 24.7. The number of hydrogen-bond acceptors (Lipinski definition) is 8. The third kappa shape index (κ3) is 5.94. The molecule has 0 saturated carbocycles. The summed E-state index contributed by atoms with van der Waals surface area (Å²) in [6.45, 7) is 3.51. The summed E-state index contributed by atoms with van der Waals surface area (Å²) >= 11 is 6.83. The number of ketones is 2. The lowest BCUT2D eigenvalue weighted by molar-refractivity contribution is -0.384.